The lowest BCUT2D eigenvalue weighted by Crippen LogP contribution is -2.09. The second-order valence-corrected chi connectivity index (χ2v) is 11.8. The SMILES string of the molecule is c1ccc(-c2ccc(N(c3ccc(-c4ccccc4)cc3)c3ccc4c(ccc5ccc6c7ccccc7oc6c54)c3)cc2)cc1. The highest BCUT2D eigenvalue weighted by Gasteiger charge is 2.16. The van der Waals surface area contributed by atoms with E-state index >= 15 is 0 Å². The molecule has 2 heteroatoms. The van der Waals surface area contributed by atoms with E-state index in [0.29, 0.717) is 0 Å². The van der Waals surface area contributed by atoms with E-state index in [9.17, 15) is 0 Å². The van der Waals surface area contributed by atoms with Crippen molar-refractivity contribution >= 4 is 60.5 Å². The minimum atomic E-state index is 0.919. The zero-order chi connectivity index (χ0) is 30.5. The third-order valence-electron chi connectivity index (χ3n) is 9.05. The first-order chi connectivity index (χ1) is 22.8. The van der Waals surface area contributed by atoms with Crippen molar-refractivity contribution in [2.24, 2.45) is 0 Å². The van der Waals surface area contributed by atoms with Gasteiger partial charge in [0, 0.05) is 33.2 Å². The fourth-order valence-electron chi connectivity index (χ4n) is 6.77. The summed E-state index contributed by atoms with van der Waals surface area (Å²) in [5.74, 6) is 0. The molecule has 0 N–H and O–H groups in total. The van der Waals surface area contributed by atoms with E-state index in [4.69, 9.17) is 4.42 Å². The Bertz CT molecular complexity index is 2410. The normalized spacial score (nSPS) is 11.5. The summed E-state index contributed by atoms with van der Waals surface area (Å²) in [6.07, 6.45) is 0. The molecule has 9 aromatic rings. The Morgan fingerprint density at radius 3 is 1.50 bits per heavy atom. The highest BCUT2D eigenvalue weighted by molar-refractivity contribution is 6.23. The van der Waals surface area contributed by atoms with Crippen molar-refractivity contribution in [1.82, 2.24) is 0 Å². The first kappa shape index (κ1) is 26.3. The maximum absolute atomic E-state index is 6.48. The van der Waals surface area contributed by atoms with Crippen LogP contribution < -0.4 is 4.90 Å². The van der Waals surface area contributed by atoms with Crippen molar-refractivity contribution in [3.05, 3.63) is 176 Å². The van der Waals surface area contributed by atoms with Gasteiger partial charge in [0.15, 0.2) is 0 Å². The summed E-state index contributed by atoms with van der Waals surface area (Å²) in [7, 11) is 0. The van der Waals surface area contributed by atoms with E-state index in [1.165, 1.54) is 38.4 Å². The largest absolute Gasteiger partial charge is 0.455 e. The van der Waals surface area contributed by atoms with Crippen LogP contribution in [0.1, 0.15) is 0 Å². The molecule has 0 amide bonds. The number of benzene rings is 8. The van der Waals surface area contributed by atoms with Crippen LogP contribution in [0.3, 0.4) is 0 Å². The van der Waals surface area contributed by atoms with Crippen molar-refractivity contribution in [1.29, 1.82) is 0 Å². The molecule has 0 aliphatic carbocycles. The monoisotopic (exact) mass is 587 g/mol. The number of hydrogen-bond donors (Lipinski definition) is 0. The van der Waals surface area contributed by atoms with Gasteiger partial charge in [0.2, 0.25) is 0 Å². The molecule has 0 fully saturated rings. The van der Waals surface area contributed by atoms with Gasteiger partial charge in [0.05, 0.1) is 0 Å². The van der Waals surface area contributed by atoms with Crippen molar-refractivity contribution in [2.45, 2.75) is 0 Å². The van der Waals surface area contributed by atoms with Gasteiger partial charge in [0.1, 0.15) is 11.2 Å². The highest BCUT2D eigenvalue weighted by Crippen LogP contribution is 2.41. The van der Waals surface area contributed by atoms with Crippen LogP contribution in [0.4, 0.5) is 17.1 Å². The third kappa shape index (κ3) is 4.43. The van der Waals surface area contributed by atoms with Crippen molar-refractivity contribution < 1.29 is 4.42 Å². The van der Waals surface area contributed by atoms with E-state index in [1.54, 1.807) is 0 Å². The number of fused-ring (bicyclic) bond motifs is 7. The van der Waals surface area contributed by atoms with Crippen molar-refractivity contribution in [2.75, 3.05) is 4.90 Å². The summed E-state index contributed by atoms with van der Waals surface area (Å²) in [5, 5.41) is 6.99. The van der Waals surface area contributed by atoms with Gasteiger partial charge in [-0.05, 0) is 86.9 Å². The lowest BCUT2D eigenvalue weighted by atomic mass is 9.98. The lowest BCUT2D eigenvalue weighted by Gasteiger charge is -2.26. The second kappa shape index (κ2) is 10.8. The van der Waals surface area contributed by atoms with Gasteiger partial charge < -0.3 is 9.32 Å². The molecular weight excluding hydrogens is 558 g/mol. The second-order valence-electron chi connectivity index (χ2n) is 11.8. The smallest absolute Gasteiger partial charge is 0.143 e. The van der Waals surface area contributed by atoms with E-state index in [0.717, 1.165) is 44.4 Å². The molecule has 1 heterocycles. The molecule has 0 aliphatic heterocycles. The molecule has 9 rings (SSSR count). The Labute approximate surface area is 267 Å². The standard InChI is InChI=1S/C44H29NO/c1-3-9-30(10-4-1)32-17-22-36(23-18-32)45(37-24-19-33(20-25-37)31-11-5-2-6-12-31)38-26-28-39-35(29-38)16-15-34-21-27-41-40-13-7-8-14-42(40)46-44(41)43(34)39/h1-29H. The number of nitrogens with zero attached hydrogens (tertiary/aromatic N) is 1. The Morgan fingerprint density at radius 1 is 0.348 bits per heavy atom. The number of furan rings is 1. The molecule has 0 saturated carbocycles. The topological polar surface area (TPSA) is 16.4 Å². The average molecular weight is 588 g/mol. The third-order valence-corrected chi connectivity index (χ3v) is 9.05. The Kier molecular flexibility index (Phi) is 6.17. The van der Waals surface area contributed by atoms with Crippen LogP contribution in [-0.2, 0) is 0 Å². The van der Waals surface area contributed by atoms with Gasteiger partial charge in [-0.15, -0.1) is 0 Å². The zero-order valence-electron chi connectivity index (χ0n) is 25.1. The fraction of sp³-hybridized carbons (Fsp3) is 0. The summed E-state index contributed by atoms with van der Waals surface area (Å²) in [6.45, 7) is 0. The van der Waals surface area contributed by atoms with Crippen LogP contribution in [0, 0.1) is 0 Å². The quantitative estimate of drug-likeness (QED) is 0.186. The lowest BCUT2D eigenvalue weighted by molar-refractivity contribution is 0.673. The van der Waals surface area contributed by atoms with Crippen LogP contribution in [-0.4, -0.2) is 0 Å². The maximum Gasteiger partial charge on any atom is 0.143 e. The molecule has 0 radical (unpaired) electrons. The van der Waals surface area contributed by atoms with E-state index in [1.807, 2.05) is 6.07 Å². The molecule has 0 unspecified atom stereocenters. The predicted octanol–water partition coefficient (Wildman–Crippen LogP) is 12.7. The Morgan fingerprint density at radius 2 is 0.848 bits per heavy atom. The molecular formula is C44H29NO. The molecule has 216 valence electrons. The van der Waals surface area contributed by atoms with E-state index < -0.39 is 0 Å². The average Bonchev–Trinajstić information content (AvgIpc) is 3.52. The van der Waals surface area contributed by atoms with Crippen LogP contribution in [0.25, 0.3) is 65.7 Å². The van der Waals surface area contributed by atoms with E-state index in [2.05, 4.69) is 175 Å². The van der Waals surface area contributed by atoms with Gasteiger partial charge in [-0.2, -0.15) is 0 Å². The molecule has 8 aromatic carbocycles. The molecule has 0 aliphatic rings. The Hall–Kier alpha value is -6.12. The number of anilines is 3. The van der Waals surface area contributed by atoms with Crippen LogP contribution in [0.2, 0.25) is 0 Å². The zero-order valence-corrected chi connectivity index (χ0v) is 25.1. The van der Waals surface area contributed by atoms with Gasteiger partial charge in [-0.3, -0.25) is 0 Å². The molecule has 2 nitrogen and oxygen atoms in total. The maximum atomic E-state index is 6.48. The highest BCUT2D eigenvalue weighted by atomic mass is 16.3. The van der Waals surface area contributed by atoms with Gasteiger partial charge in [-0.25, -0.2) is 0 Å². The van der Waals surface area contributed by atoms with Crippen LogP contribution >= 0.6 is 0 Å². The molecule has 0 atom stereocenters. The molecule has 0 bridgehead atoms. The summed E-state index contributed by atoms with van der Waals surface area (Å²) in [4.78, 5) is 2.34. The van der Waals surface area contributed by atoms with Crippen molar-refractivity contribution in [3.63, 3.8) is 0 Å². The number of hydrogen-bond acceptors (Lipinski definition) is 2. The first-order valence-electron chi connectivity index (χ1n) is 15.7. The van der Waals surface area contributed by atoms with Gasteiger partial charge >= 0.3 is 0 Å². The fourth-order valence-corrected chi connectivity index (χ4v) is 6.77. The van der Waals surface area contributed by atoms with Crippen LogP contribution in [0.15, 0.2) is 180 Å². The Balaban J connectivity index is 1.20. The van der Waals surface area contributed by atoms with Crippen LogP contribution in [0.5, 0.6) is 0 Å². The van der Waals surface area contributed by atoms with Gasteiger partial charge in [-0.1, -0.05) is 127 Å². The predicted molar refractivity (Wildman–Crippen MR) is 194 cm³/mol. The molecule has 46 heavy (non-hydrogen) atoms. The first-order valence-corrected chi connectivity index (χ1v) is 15.7. The molecule has 0 saturated heterocycles. The summed E-state index contributed by atoms with van der Waals surface area (Å²) < 4.78 is 6.48. The summed E-state index contributed by atoms with van der Waals surface area (Å²) in [5.41, 5.74) is 9.99. The molecule has 1 aromatic heterocycles. The molecule has 0 spiro atoms. The minimum Gasteiger partial charge on any atom is -0.455 e. The van der Waals surface area contributed by atoms with Crippen molar-refractivity contribution in [3.8, 4) is 22.3 Å². The minimum absolute atomic E-state index is 0.919. The summed E-state index contributed by atoms with van der Waals surface area (Å²) in [6, 6.07) is 62.7. The van der Waals surface area contributed by atoms with E-state index in [-0.39, 0.29) is 0 Å². The van der Waals surface area contributed by atoms with Gasteiger partial charge in [0.25, 0.3) is 0 Å². The number of rotatable bonds is 5. The summed E-state index contributed by atoms with van der Waals surface area (Å²) >= 11 is 0. The number of para-hydroxylation sites is 1.